The van der Waals surface area contributed by atoms with Gasteiger partial charge in [0.05, 0.1) is 12.0 Å². The SMILES string of the molecule is COc1cc(C=C2SC(=N)NC2=O)ccc1OCCOc1ccc(Br)cc1. The predicted octanol–water partition coefficient (Wildman–Crippen LogP) is 4.05. The average molecular weight is 449 g/mol. The van der Waals surface area contributed by atoms with E-state index in [1.807, 2.05) is 30.3 Å². The van der Waals surface area contributed by atoms with Crippen LogP contribution < -0.4 is 19.5 Å². The minimum absolute atomic E-state index is 0.129. The number of halogens is 1. The monoisotopic (exact) mass is 448 g/mol. The van der Waals surface area contributed by atoms with Gasteiger partial charge in [0.1, 0.15) is 19.0 Å². The first-order valence-electron chi connectivity index (χ1n) is 8.04. The molecule has 6 nitrogen and oxygen atoms in total. The highest BCUT2D eigenvalue weighted by Gasteiger charge is 2.22. The van der Waals surface area contributed by atoms with Crippen molar-refractivity contribution in [2.24, 2.45) is 0 Å². The highest BCUT2D eigenvalue weighted by molar-refractivity contribution is 9.10. The molecule has 0 atom stereocenters. The van der Waals surface area contributed by atoms with Crippen LogP contribution in [0.3, 0.4) is 0 Å². The second-order valence-corrected chi connectivity index (χ2v) is 7.42. The van der Waals surface area contributed by atoms with Crippen molar-refractivity contribution >= 4 is 44.8 Å². The van der Waals surface area contributed by atoms with Gasteiger partial charge >= 0.3 is 0 Å². The molecule has 2 N–H and O–H groups in total. The first-order valence-corrected chi connectivity index (χ1v) is 9.65. The third kappa shape index (κ3) is 5.27. The fourth-order valence-electron chi connectivity index (χ4n) is 2.33. The van der Waals surface area contributed by atoms with Crippen molar-refractivity contribution in [1.29, 1.82) is 5.41 Å². The smallest absolute Gasteiger partial charge is 0.264 e. The molecule has 0 aliphatic carbocycles. The number of carbonyl (C=O) groups is 1. The summed E-state index contributed by atoms with van der Waals surface area (Å²) in [6, 6.07) is 13.0. The van der Waals surface area contributed by atoms with E-state index >= 15 is 0 Å². The quantitative estimate of drug-likeness (QED) is 0.493. The van der Waals surface area contributed by atoms with Crippen LogP contribution in [0.4, 0.5) is 0 Å². The van der Waals surface area contributed by atoms with Crippen molar-refractivity contribution in [2.75, 3.05) is 20.3 Å². The number of hydrogen-bond acceptors (Lipinski definition) is 6. The van der Waals surface area contributed by atoms with Crippen LogP contribution in [-0.2, 0) is 4.79 Å². The molecule has 0 aromatic heterocycles. The van der Waals surface area contributed by atoms with Crippen LogP contribution >= 0.6 is 27.7 Å². The first-order chi connectivity index (χ1) is 13.0. The highest BCUT2D eigenvalue weighted by Crippen LogP contribution is 2.31. The molecular formula is C19H17BrN2O4S. The van der Waals surface area contributed by atoms with Crippen LogP contribution in [0.5, 0.6) is 17.2 Å². The zero-order valence-electron chi connectivity index (χ0n) is 14.5. The molecule has 0 bridgehead atoms. The number of methoxy groups -OCH3 is 1. The van der Waals surface area contributed by atoms with E-state index in [1.54, 1.807) is 25.3 Å². The molecule has 0 unspecified atom stereocenters. The van der Waals surface area contributed by atoms with Crippen molar-refractivity contribution < 1.29 is 19.0 Å². The van der Waals surface area contributed by atoms with Gasteiger partial charge in [0.25, 0.3) is 5.91 Å². The minimum atomic E-state index is -0.269. The van der Waals surface area contributed by atoms with E-state index in [1.165, 1.54) is 0 Å². The van der Waals surface area contributed by atoms with Crippen molar-refractivity contribution in [3.63, 3.8) is 0 Å². The third-order valence-corrected chi connectivity index (χ3v) is 4.93. The van der Waals surface area contributed by atoms with Crippen molar-refractivity contribution in [3.8, 4) is 17.2 Å². The van der Waals surface area contributed by atoms with E-state index in [0.29, 0.717) is 29.6 Å². The molecule has 0 spiro atoms. The number of amidine groups is 1. The van der Waals surface area contributed by atoms with Crippen LogP contribution in [0.2, 0.25) is 0 Å². The van der Waals surface area contributed by atoms with E-state index in [2.05, 4.69) is 21.2 Å². The summed E-state index contributed by atoms with van der Waals surface area (Å²) in [5.41, 5.74) is 0.790. The van der Waals surface area contributed by atoms with Gasteiger partial charge in [-0.3, -0.25) is 10.2 Å². The van der Waals surface area contributed by atoms with Gasteiger partial charge in [-0.1, -0.05) is 22.0 Å². The van der Waals surface area contributed by atoms with Crippen molar-refractivity contribution in [2.45, 2.75) is 0 Å². The summed E-state index contributed by atoms with van der Waals surface area (Å²) in [5, 5.41) is 10.1. The average Bonchev–Trinajstić information content (AvgIpc) is 2.98. The van der Waals surface area contributed by atoms with Crippen LogP contribution in [-0.4, -0.2) is 31.4 Å². The summed E-state index contributed by atoms with van der Waals surface area (Å²) < 4.78 is 17.7. The molecule has 0 saturated carbocycles. The van der Waals surface area contributed by atoms with Gasteiger partial charge in [-0.05, 0) is 59.8 Å². The van der Waals surface area contributed by atoms with E-state index in [-0.39, 0.29) is 11.1 Å². The Morgan fingerprint density at radius 1 is 1.11 bits per heavy atom. The summed E-state index contributed by atoms with van der Waals surface area (Å²) in [5.74, 6) is 1.66. The van der Waals surface area contributed by atoms with Gasteiger partial charge in [0.15, 0.2) is 16.7 Å². The lowest BCUT2D eigenvalue weighted by atomic mass is 10.2. The van der Waals surface area contributed by atoms with Gasteiger partial charge < -0.3 is 19.5 Å². The second kappa shape index (κ2) is 8.96. The Balaban J connectivity index is 1.59. The normalized spacial score (nSPS) is 15.0. The van der Waals surface area contributed by atoms with Gasteiger partial charge in [-0.25, -0.2) is 0 Å². The van der Waals surface area contributed by atoms with E-state index in [9.17, 15) is 4.79 Å². The number of ether oxygens (including phenoxy) is 3. The zero-order valence-corrected chi connectivity index (χ0v) is 16.9. The molecule has 2 aromatic carbocycles. The number of thioether (sulfide) groups is 1. The Morgan fingerprint density at radius 3 is 2.52 bits per heavy atom. The van der Waals surface area contributed by atoms with Crippen molar-refractivity contribution in [1.82, 2.24) is 5.32 Å². The third-order valence-electron chi connectivity index (χ3n) is 3.57. The summed E-state index contributed by atoms with van der Waals surface area (Å²) in [4.78, 5) is 12.2. The standard InChI is InChI=1S/C19H17BrN2O4S/c1-24-16-10-12(11-17-18(23)22-19(21)27-17)2-7-15(16)26-9-8-25-14-5-3-13(20)4-6-14/h2-7,10-11H,8-9H2,1H3,(H2,21,22,23). The number of amides is 1. The van der Waals surface area contributed by atoms with Gasteiger partial charge in [0.2, 0.25) is 0 Å². The molecule has 3 rings (SSSR count). The summed E-state index contributed by atoms with van der Waals surface area (Å²) in [6.07, 6.45) is 1.71. The lowest BCUT2D eigenvalue weighted by Crippen LogP contribution is -2.18. The Morgan fingerprint density at radius 2 is 1.85 bits per heavy atom. The molecule has 8 heteroatoms. The highest BCUT2D eigenvalue weighted by atomic mass is 79.9. The lowest BCUT2D eigenvalue weighted by molar-refractivity contribution is -0.115. The molecule has 140 valence electrons. The fourth-order valence-corrected chi connectivity index (χ4v) is 3.29. The van der Waals surface area contributed by atoms with Crippen molar-refractivity contribution in [3.05, 3.63) is 57.4 Å². The Kier molecular flexibility index (Phi) is 6.41. The van der Waals surface area contributed by atoms with Crippen LogP contribution in [0.25, 0.3) is 6.08 Å². The van der Waals surface area contributed by atoms with Gasteiger partial charge in [0, 0.05) is 4.47 Å². The number of nitrogens with one attached hydrogen (secondary N) is 2. The summed E-state index contributed by atoms with van der Waals surface area (Å²) >= 11 is 4.47. The number of carbonyl (C=O) groups excluding carboxylic acids is 1. The molecular weight excluding hydrogens is 432 g/mol. The Hall–Kier alpha value is -2.45. The molecule has 1 saturated heterocycles. The fraction of sp³-hybridized carbons (Fsp3) is 0.158. The second-order valence-electron chi connectivity index (χ2n) is 5.46. The molecule has 1 fully saturated rings. The molecule has 1 aliphatic rings. The molecule has 27 heavy (non-hydrogen) atoms. The van der Waals surface area contributed by atoms with Crippen LogP contribution in [0.15, 0.2) is 51.8 Å². The maximum absolute atomic E-state index is 11.7. The summed E-state index contributed by atoms with van der Waals surface area (Å²) in [7, 11) is 1.56. The number of rotatable bonds is 7. The number of benzene rings is 2. The first kappa shape index (κ1) is 19.3. The predicted molar refractivity (Wildman–Crippen MR) is 110 cm³/mol. The lowest BCUT2D eigenvalue weighted by Gasteiger charge is -2.12. The minimum Gasteiger partial charge on any atom is -0.493 e. The van der Waals surface area contributed by atoms with Gasteiger partial charge in [-0.2, -0.15) is 0 Å². The van der Waals surface area contributed by atoms with Crippen LogP contribution in [0, 0.1) is 5.41 Å². The molecule has 0 radical (unpaired) electrons. The maximum atomic E-state index is 11.7. The molecule has 1 amide bonds. The largest absolute Gasteiger partial charge is 0.493 e. The molecule has 1 aliphatic heterocycles. The molecule has 2 aromatic rings. The summed E-state index contributed by atoms with van der Waals surface area (Å²) in [6.45, 7) is 0.762. The molecule has 1 heterocycles. The van der Waals surface area contributed by atoms with E-state index in [0.717, 1.165) is 27.5 Å². The number of hydrogen-bond donors (Lipinski definition) is 2. The van der Waals surface area contributed by atoms with Crippen LogP contribution in [0.1, 0.15) is 5.56 Å². The van der Waals surface area contributed by atoms with Gasteiger partial charge in [-0.15, -0.1) is 0 Å². The van der Waals surface area contributed by atoms with E-state index in [4.69, 9.17) is 19.6 Å². The zero-order chi connectivity index (χ0) is 19.2. The van der Waals surface area contributed by atoms with E-state index < -0.39 is 0 Å². The maximum Gasteiger partial charge on any atom is 0.264 e. The Bertz CT molecular complexity index is 884. The topological polar surface area (TPSA) is 80.6 Å². The Labute approximate surface area is 169 Å².